The molecule has 0 saturated carbocycles. The molecule has 0 aliphatic heterocycles. The average Bonchev–Trinajstić information content (AvgIpc) is 2.29. The average molecular weight is 329 g/mol. The highest BCUT2D eigenvalue weighted by atomic mass is 79.9. The number of nitro benzene ring substituents is 1. The van der Waals surface area contributed by atoms with Crippen LogP contribution in [0.15, 0.2) is 22.7 Å². The van der Waals surface area contributed by atoms with Gasteiger partial charge in [0, 0.05) is 22.6 Å². The number of halogens is 1. The molecule has 0 saturated heterocycles. The number of rotatable bonds is 5. The van der Waals surface area contributed by atoms with E-state index < -0.39 is 0 Å². The second-order valence-corrected chi connectivity index (χ2v) is 6.57. The minimum atomic E-state index is -0.375. The highest BCUT2D eigenvalue weighted by molar-refractivity contribution is 9.10. The van der Waals surface area contributed by atoms with E-state index in [0.717, 1.165) is 23.0 Å². The number of benzene rings is 1. The Morgan fingerprint density at radius 2 is 2.05 bits per heavy atom. The first-order chi connectivity index (χ1) is 8.75. The van der Waals surface area contributed by atoms with E-state index in [4.69, 9.17) is 0 Å². The van der Waals surface area contributed by atoms with Crippen molar-refractivity contribution in [3.05, 3.63) is 38.3 Å². The van der Waals surface area contributed by atoms with Crippen molar-refractivity contribution >= 4 is 21.6 Å². The number of hydrogen-bond acceptors (Lipinski definition) is 3. The molecule has 1 aromatic carbocycles. The lowest BCUT2D eigenvalue weighted by Gasteiger charge is -2.31. The van der Waals surface area contributed by atoms with E-state index in [2.05, 4.69) is 48.9 Å². The first-order valence-corrected chi connectivity index (χ1v) is 7.21. The molecule has 1 N–H and O–H groups in total. The normalized spacial score (nSPS) is 13.3. The molecule has 1 unspecified atom stereocenters. The molecule has 0 aliphatic rings. The van der Waals surface area contributed by atoms with Gasteiger partial charge < -0.3 is 5.32 Å². The maximum atomic E-state index is 10.7. The second-order valence-electron chi connectivity index (χ2n) is 5.71. The smallest absolute Gasteiger partial charge is 0.270 e. The molecule has 0 fully saturated rings. The van der Waals surface area contributed by atoms with Crippen molar-refractivity contribution < 1.29 is 4.92 Å². The molecule has 4 nitrogen and oxygen atoms in total. The largest absolute Gasteiger partial charge is 0.313 e. The fourth-order valence-electron chi connectivity index (χ4n) is 1.97. The van der Waals surface area contributed by atoms with Gasteiger partial charge in [-0.1, -0.05) is 49.7 Å². The Labute approximate surface area is 122 Å². The first kappa shape index (κ1) is 16.1. The second kappa shape index (κ2) is 6.48. The molecule has 0 heterocycles. The molecule has 0 spiro atoms. The molecule has 19 heavy (non-hydrogen) atoms. The zero-order valence-corrected chi connectivity index (χ0v) is 13.5. The van der Waals surface area contributed by atoms with Gasteiger partial charge in [0.15, 0.2) is 0 Å². The third kappa shape index (κ3) is 4.58. The molecule has 106 valence electrons. The number of nitro groups is 1. The lowest BCUT2D eigenvalue weighted by Crippen LogP contribution is -2.41. The van der Waals surface area contributed by atoms with Gasteiger partial charge >= 0.3 is 0 Å². The third-order valence-corrected chi connectivity index (χ3v) is 3.91. The monoisotopic (exact) mass is 328 g/mol. The van der Waals surface area contributed by atoms with Crippen molar-refractivity contribution in [2.75, 3.05) is 6.54 Å². The minimum Gasteiger partial charge on any atom is -0.313 e. The van der Waals surface area contributed by atoms with Gasteiger partial charge in [-0.15, -0.1) is 0 Å². The predicted octanol–water partition coefficient (Wildman–Crippen LogP) is 3.92. The fourth-order valence-corrected chi connectivity index (χ4v) is 2.49. The van der Waals surface area contributed by atoms with Crippen molar-refractivity contribution in [2.45, 2.75) is 40.2 Å². The van der Waals surface area contributed by atoms with Gasteiger partial charge in [0.05, 0.1) is 4.92 Å². The fraction of sp³-hybridized carbons (Fsp3) is 0.571. The molecular weight excluding hydrogens is 308 g/mol. The van der Waals surface area contributed by atoms with E-state index in [1.165, 1.54) is 0 Å². The van der Waals surface area contributed by atoms with Crippen LogP contribution in [0.4, 0.5) is 5.69 Å². The Morgan fingerprint density at radius 1 is 1.42 bits per heavy atom. The summed E-state index contributed by atoms with van der Waals surface area (Å²) in [5.74, 6) is 0. The summed E-state index contributed by atoms with van der Waals surface area (Å²) in [5.41, 5.74) is 1.34. The molecule has 1 rings (SSSR count). The van der Waals surface area contributed by atoms with Crippen LogP contribution < -0.4 is 5.32 Å². The van der Waals surface area contributed by atoms with Gasteiger partial charge in [0.1, 0.15) is 0 Å². The van der Waals surface area contributed by atoms with Crippen molar-refractivity contribution in [2.24, 2.45) is 5.41 Å². The molecule has 0 bridgehead atoms. The number of nitrogens with one attached hydrogen (secondary N) is 1. The van der Waals surface area contributed by atoms with Crippen LogP contribution in [-0.4, -0.2) is 17.5 Å². The lowest BCUT2D eigenvalue weighted by atomic mass is 9.83. The quantitative estimate of drug-likeness (QED) is 0.658. The van der Waals surface area contributed by atoms with Gasteiger partial charge in [-0.2, -0.15) is 0 Å². The van der Waals surface area contributed by atoms with Crippen LogP contribution in [-0.2, 0) is 6.42 Å². The van der Waals surface area contributed by atoms with Crippen LogP contribution in [0.5, 0.6) is 0 Å². The van der Waals surface area contributed by atoms with Gasteiger partial charge in [0.25, 0.3) is 5.69 Å². The molecule has 0 aliphatic carbocycles. The highest BCUT2D eigenvalue weighted by Gasteiger charge is 2.24. The summed E-state index contributed by atoms with van der Waals surface area (Å²) < 4.78 is 0.800. The molecule has 1 aromatic rings. The summed E-state index contributed by atoms with van der Waals surface area (Å²) in [6.07, 6.45) is 0.843. The standard InChI is InChI=1S/C14H21BrN2O2/c1-5-16-13(14(2,3)4)8-10-6-7-11(17(18)19)9-12(10)15/h6-7,9,13,16H,5,8H2,1-4H3. The Kier molecular flexibility index (Phi) is 5.50. The maximum absolute atomic E-state index is 10.7. The summed E-state index contributed by atoms with van der Waals surface area (Å²) in [6.45, 7) is 9.58. The van der Waals surface area contributed by atoms with Crippen molar-refractivity contribution in [3.8, 4) is 0 Å². The maximum Gasteiger partial charge on any atom is 0.270 e. The van der Waals surface area contributed by atoms with E-state index in [0.29, 0.717) is 6.04 Å². The molecule has 1 atom stereocenters. The molecule has 0 radical (unpaired) electrons. The van der Waals surface area contributed by atoms with Crippen LogP contribution in [0.25, 0.3) is 0 Å². The first-order valence-electron chi connectivity index (χ1n) is 6.42. The Bertz CT molecular complexity index is 455. The Balaban J connectivity index is 2.94. The third-order valence-electron chi connectivity index (χ3n) is 3.17. The SMILES string of the molecule is CCNC(Cc1ccc([N+](=O)[O-])cc1Br)C(C)(C)C. The molecule has 0 amide bonds. The van der Waals surface area contributed by atoms with Crippen LogP contribution >= 0.6 is 15.9 Å². The van der Waals surface area contributed by atoms with E-state index >= 15 is 0 Å². The topological polar surface area (TPSA) is 55.2 Å². The summed E-state index contributed by atoms with van der Waals surface area (Å²) in [6, 6.07) is 5.29. The van der Waals surface area contributed by atoms with Gasteiger partial charge in [-0.25, -0.2) is 0 Å². The summed E-state index contributed by atoms with van der Waals surface area (Å²) in [5, 5.41) is 14.2. The van der Waals surface area contributed by atoms with Gasteiger partial charge in [-0.3, -0.25) is 10.1 Å². The number of nitrogens with zero attached hydrogens (tertiary/aromatic N) is 1. The van der Waals surface area contributed by atoms with Gasteiger partial charge in [-0.05, 0) is 23.9 Å². The molecule has 0 aromatic heterocycles. The van der Waals surface area contributed by atoms with Crippen LogP contribution in [0, 0.1) is 15.5 Å². The van der Waals surface area contributed by atoms with Crippen LogP contribution in [0.1, 0.15) is 33.3 Å². The summed E-state index contributed by atoms with van der Waals surface area (Å²) in [7, 11) is 0. The Morgan fingerprint density at radius 3 is 2.47 bits per heavy atom. The number of non-ortho nitro benzene ring substituents is 1. The van der Waals surface area contributed by atoms with E-state index in [1.807, 2.05) is 6.07 Å². The van der Waals surface area contributed by atoms with Crippen LogP contribution in [0.2, 0.25) is 0 Å². The molecule has 5 heteroatoms. The lowest BCUT2D eigenvalue weighted by molar-refractivity contribution is -0.384. The van der Waals surface area contributed by atoms with Crippen molar-refractivity contribution in [1.29, 1.82) is 0 Å². The van der Waals surface area contributed by atoms with E-state index in [9.17, 15) is 10.1 Å². The zero-order chi connectivity index (χ0) is 14.6. The van der Waals surface area contributed by atoms with E-state index in [1.54, 1.807) is 12.1 Å². The highest BCUT2D eigenvalue weighted by Crippen LogP contribution is 2.28. The van der Waals surface area contributed by atoms with Crippen molar-refractivity contribution in [3.63, 3.8) is 0 Å². The van der Waals surface area contributed by atoms with Crippen molar-refractivity contribution in [1.82, 2.24) is 5.32 Å². The summed E-state index contributed by atoms with van der Waals surface area (Å²) >= 11 is 3.43. The van der Waals surface area contributed by atoms with Crippen LogP contribution in [0.3, 0.4) is 0 Å². The van der Waals surface area contributed by atoms with Gasteiger partial charge in [0.2, 0.25) is 0 Å². The molecular formula is C14H21BrN2O2. The van der Waals surface area contributed by atoms with E-state index in [-0.39, 0.29) is 16.0 Å². The Hall–Kier alpha value is -0.940. The zero-order valence-electron chi connectivity index (χ0n) is 11.9. The number of hydrogen-bond donors (Lipinski definition) is 1. The minimum absolute atomic E-state index is 0.117. The summed E-state index contributed by atoms with van der Waals surface area (Å²) in [4.78, 5) is 10.3. The number of likely N-dealkylation sites (N-methyl/N-ethyl adjacent to an activating group) is 1. The predicted molar refractivity (Wildman–Crippen MR) is 81.4 cm³/mol.